The summed E-state index contributed by atoms with van der Waals surface area (Å²) in [6.45, 7) is 5.99. The Kier molecular flexibility index (Phi) is 6.36. The molecule has 0 saturated heterocycles. The first kappa shape index (κ1) is 17.7. The molecular weight excluding hydrogens is 288 g/mol. The summed E-state index contributed by atoms with van der Waals surface area (Å²) in [6, 6.07) is 6.61. The average Bonchev–Trinajstić information content (AvgIpc) is 2.34. The standard InChI is InChI=1S/C15H24N2O3S/c1-11(2)10-15(18)17-12(3)4-5-13-6-8-14(9-7-13)21(16,19)20/h6-9,11-12H,4-5,10H2,1-3H3,(H,17,18)(H2,16,19,20). The van der Waals surface area contributed by atoms with Gasteiger partial charge in [0.2, 0.25) is 15.9 Å². The molecule has 0 radical (unpaired) electrons. The largest absolute Gasteiger partial charge is 0.354 e. The quantitative estimate of drug-likeness (QED) is 0.804. The minimum Gasteiger partial charge on any atom is -0.354 e. The summed E-state index contributed by atoms with van der Waals surface area (Å²) in [5.74, 6) is 0.421. The Morgan fingerprint density at radius 3 is 2.24 bits per heavy atom. The molecule has 1 unspecified atom stereocenters. The van der Waals surface area contributed by atoms with E-state index in [1.807, 2.05) is 20.8 Å². The van der Waals surface area contributed by atoms with Gasteiger partial charge in [0.15, 0.2) is 0 Å². The van der Waals surface area contributed by atoms with Crippen LogP contribution in [0.15, 0.2) is 29.2 Å². The highest BCUT2D eigenvalue weighted by Gasteiger charge is 2.10. The van der Waals surface area contributed by atoms with Gasteiger partial charge in [-0.3, -0.25) is 4.79 Å². The van der Waals surface area contributed by atoms with Gasteiger partial charge in [-0.15, -0.1) is 0 Å². The molecule has 0 saturated carbocycles. The summed E-state index contributed by atoms with van der Waals surface area (Å²) in [5.41, 5.74) is 1.02. The number of carbonyl (C=O) groups is 1. The smallest absolute Gasteiger partial charge is 0.238 e. The van der Waals surface area contributed by atoms with E-state index in [-0.39, 0.29) is 16.8 Å². The Balaban J connectivity index is 2.46. The second-order valence-corrected chi connectivity index (χ2v) is 7.36. The average molecular weight is 312 g/mol. The molecule has 3 N–H and O–H groups in total. The lowest BCUT2D eigenvalue weighted by Crippen LogP contribution is -2.33. The van der Waals surface area contributed by atoms with Crippen molar-refractivity contribution in [3.63, 3.8) is 0 Å². The zero-order valence-electron chi connectivity index (χ0n) is 12.8. The number of nitrogens with one attached hydrogen (secondary N) is 1. The van der Waals surface area contributed by atoms with Crippen LogP contribution in [0.4, 0.5) is 0 Å². The van der Waals surface area contributed by atoms with Crippen LogP contribution in [-0.2, 0) is 21.2 Å². The van der Waals surface area contributed by atoms with Crippen molar-refractivity contribution in [1.29, 1.82) is 0 Å². The molecule has 1 rings (SSSR count). The molecule has 118 valence electrons. The van der Waals surface area contributed by atoms with Crippen LogP contribution in [0, 0.1) is 5.92 Å². The Morgan fingerprint density at radius 1 is 1.19 bits per heavy atom. The lowest BCUT2D eigenvalue weighted by molar-refractivity contribution is -0.122. The summed E-state index contributed by atoms with van der Waals surface area (Å²) in [6.07, 6.45) is 2.11. The summed E-state index contributed by atoms with van der Waals surface area (Å²) in [7, 11) is -3.64. The van der Waals surface area contributed by atoms with Crippen LogP contribution in [-0.4, -0.2) is 20.4 Å². The molecule has 1 amide bonds. The Hall–Kier alpha value is -1.40. The van der Waals surface area contributed by atoms with Gasteiger partial charge in [-0.05, 0) is 43.4 Å². The van der Waals surface area contributed by atoms with Crippen LogP contribution in [0.3, 0.4) is 0 Å². The van der Waals surface area contributed by atoms with Gasteiger partial charge >= 0.3 is 0 Å². The van der Waals surface area contributed by atoms with Crippen molar-refractivity contribution in [1.82, 2.24) is 5.32 Å². The van der Waals surface area contributed by atoms with Crippen molar-refractivity contribution in [3.05, 3.63) is 29.8 Å². The molecule has 0 bridgehead atoms. The van der Waals surface area contributed by atoms with Crippen LogP contribution in [0.5, 0.6) is 0 Å². The molecule has 0 aromatic heterocycles. The monoisotopic (exact) mass is 312 g/mol. The van der Waals surface area contributed by atoms with Crippen molar-refractivity contribution < 1.29 is 13.2 Å². The van der Waals surface area contributed by atoms with Gasteiger partial charge in [0.25, 0.3) is 0 Å². The molecule has 1 atom stereocenters. The minimum atomic E-state index is -3.64. The van der Waals surface area contributed by atoms with Crippen LogP contribution in [0.25, 0.3) is 0 Å². The van der Waals surface area contributed by atoms with Crippen LogP contribution in [0.2, 0.25) is 0 Å². The number of primary sulfonamides is 1. The van der Waals surface area contributed by atoms with Crippen molar-refractivity contribution in [2.24, 2.45) is 11.1 Å². The number of hydrogen-bond acceptors (Lipinski definition) is 3. The van der Waals surface area contributed by atoms with Crippen LogP contribution in [0.1, 0.15) is 39.2 Å². The molecule has 0 heterocycles. The van der Waals surface area contributed by atoms with Crippen molar-refractivity contribution >= 4 is 15.9 Å². The third-order valence-electron chi connectivity index (χ3n) is 3.12. The van der Waals surface area contributed by atoms with E-state index < -0.39 is 10.0 Å². The highest BCUT2D eigenvalue weighted by atomic mass is 32.2. The van der Waals surface area contributed by atoms with Gasteiger partial charge in [0, 0.05) is 12.5 Å². The number of amides is 1. The van der Waals surface area contributed by atoms with E-state index >= 15 is 0 Å². The fourth-order valence-corrected chi connectivity index (χ4v) is 2.52. The second kappa shape index (κ2) is 7.56. The molecular formula is C15H24N2O3S. The molecule has 0 spiro atoms. The number of aryl methyl sites for hydroxylation is 1. The van der Waals surface area contributed by atoms with Gasteiger partial charge in [-0.25, -0.2) is 13.6 Å². The highest BCUT2D eigenvalue weighted by Crippen LogP contribution is 2.11. The molecule has 0 aliphatic heterocycles. The van der Waals surface area contributed by atoms with Crippen molar-refractivity contribution in [2.75, 3.05) is 0 Å². The van der Waals surface area contributed by atoms with Crippen LogP contribution < -0.4 is 10.5 Å². The Bertz CT molecular complexity index is 565. The van der Waals surface area contributed by atoms with Gasteiger partial charge < -0.3 is 5.32 Å². The van der Waals surface area contributed by atoms with Gasteiger partial charge in [0.05, 0.1) is 4.90 Å². The normalized spacial score (nSPS) is 13.2. The lowest BCUT2D eigenvalue weighted by Gasteiger charge is -2.15. The van der Waals surface area contributed by atoms with E-state index in [1.165, 1.54) is 12.1 Å². The molecule has 0 fully saturated rings. The van der Waals surface area contributed by atoms with Crippen molar-refractivity contribution in [2.45, 2.75) is 51.0 Å². The first-order valence-electron chi connectivity index (χ1n) is 7.09. The first-order chi connectivity index (χ1) is 9.68. The number of sulfonamides is 1. The maximum absolute atomic E-state index is 11.6. The van der Waals surface area contributed by atoms with E-state index in [0.717, 1.165) is 18.4 Å². The number of hydrogen-bond donors (Lipinski definition) is 2. The maximum atomic E-state index is 11.6. The molecule has 5 nitrogen and oxygen atoms in total. The van der Waals surface area contributed by atoms with Crippen LogP contribution >= 0.6 is 0 Å². The molecule has 1 aromatic rings. The highest BCUT2D eigenvalue weighted by molar-refractivity contribution is 7.89. The Morgan fingerprint density at radius 2 is 1.76 bits per heavy atom. The number of nitrogens with two attached hydrogens (primary N) is 1. The Labute approximate surface area is 127 Å². The van der Waals surface area contributed by atoms with Gasteiger partial charge in [-0.1, -0.05) is 26.0 Å². The molecule has 0 aliphatic carbocycles. The van der Waals surface area contributed by atoms with E-state index in [4.69, 9.17) is 5.14 Å². The second-order valence-electron chi connectivity index (χ2n) is 5.79. The summed E-state index contributed by atoms with van der Waals surface area (Å²) in [4.78, 5) is 11.8. The van der Waals surface area contributed by atoms with E-state index in [0.29, 0.717) is 12.3 Å². The summed E-state index contributed by atoms with van der Waals surface area (Å²) >= 11 is 0. The predicted molar refractivity (Wildman–Crippen MR) is 83.2 cm³/mol. The molecule has 21 heavy (non-hydrogen) atoms. The maximum Gasteiger partial charge on any atom is 0.238 e. The van der Waals surface area contributed by atoms with Gasteiger partial charge in [0.1, 0.15) is 0 Å². The van der Waals surface area contributed by atoms with E-state index in [2.05, 4.69) is 5.32 Å². The zero-order chi connectivity index (χ0) is 16.0. The zero-order valence-corrected chi connectivity index (χ0v) is 13.6. The third-order valence-corrected chi connectivity index (χ3v) is 4.05. The van der Waals surface area contributed by atoms with Gasteiger partial charge in [-0.2, -0.15) is 0 Å². The lowest BCUT2D eigenvalue weighted by atomic mass is 10.1. The predicted octanol–water partition coefficient (Wildman–Crippen LogP) is 1.82. The van der Waals surface area contributed by atoms with E-state index in [9.17, 15) is 13.2 Å². The fraction of sp³-hybridized carbons (Fsp3) is 0.533. The van der Waals surface area contributed by atoms with E-state index in [1.54, 1.807) is 12.1 Å². The molecule has 6 heteroatoms. The first-order valence-corrected chi connectivity index (χ1v) is 8.64. The van der Waals surface area contributed by atoms with Crippen molar-refractivity contribution in [3.8, 4) is 0 Å². The molecule has 0 aliphatic rings. The minimum absolute atomic E-state index is 0.0714. The number of rotatable bonds is 7. The number of benzene rings is 1. The topological polar surface area (TPSA) is 89.3 Å². The SMILES string of the molecule is CC(C)CC(=O)NC(C)CCc1ccc(S(N)(=O)=O)cc1. The summed E-state index contributed by atoms with van der Waals surface area (Å²) < 4.78 is 22.3. The fourth-order valence-electron chi connectivity index (χ4n) is 2.01. The number of carbonyl (C=O) groups excluding carboxylic acids is 1. The summed E-state index contributed by atoms with van der Waals surface area (Å²) in [5, 5.41) is 8.01. The molecule has 1 aromatic carbocycles. The third kappa shape index (κ3) is 6.73.